The molecule has 1 aliphatic rings. The summed E-state index contributed by atoms with van der Waals surface area (Å²) in [6, 6.07) is 5.15. The summed E-state index contributed by atoms with van der Waals surface area (Å²) in [6.45, 7) is 3.17. The Kier molecular flexibility index (Phi) is 5.85. The second kappa shape index (κ2) is 7.92. The molecule has 2 aromatic rings. The van der Waals surface area contributed by atoms with E-state index < -0.39 is 0 Å². The number of hydrogen-bond acceptors (Lipinski definition) is 4. The van der Waals surface area contributed by atoms with Crippen molar-refractivity contribution in [3.05, 3.63) is 56.8 Å². The monoisotopic (exact) mass is 398 g/mol. The lowest BCUT2D eigenvalue weighted by molar-refractivity contribution is 0.0997. The fourth-order valence-electron chi connectivity index (χ4n) is 3.05. The fraction of sp³-hybridized carbons (Fsp3) is 0.333. The Bertz CT molecular complexity index is 792. The molecule has 25 heavy (non-hydrogen) atoms. The average molecular weight is 400 g/mol. The van der Waals surface area contributed by atoms with Crippen molar-refractivity contribution < 1.29 is 9.53 Å². The number of pyridine rings is 1. The average Bonchev–Trinajstić information content (AvgIpc) is 3.09. The van der Waals surface area contributed by atoms with Crippen molar-refractivity contribution in [2.45, 2.75) is 19.4 Å². The van der Waals surface area contributed by atoms with E-state index in [1.807, 2.05) is 6.07 Å². The van der Waals surface area contributed by atoms with Gasteiger partial charge in [0, 0.05) is 30.4 Å². The third-order valence-corrected chi connectivity index (χ3v) is 5.25. The molecule has 1 saturated heterocycles. The number of ketones is 1. The molecule has 1 aromatic heterocycles. The van der Waals surface area contributed by atoms with Crippen molar-refractivity contribution in [1.82, 2.24) is 10.3 Å². The highest BCUT2D eigenvalue weighted by Gasteiger charge is 2.30. The molecule has 0 saturated carbocycles. The van der Waals surface area contributed by atoms with Gasteiger partial charge in [-0.3, -0.25) is 9.78 Å². The molecular weight excluding hydrogens is 383 g/mol. The summed E-state index contributed by atoms with van der Waals surface area (Å²) in [6.07, 6.45) is 3.97. The number of carbonyl (C=O) groups is 1. The first-order valence-corrected chi connectivity index (χ1v) is 9.07. The highest BCUT2D eigenvalue weighted by Crippen LogP contribution is 2.38. The Labute approximate surface area is 161 Å². The zero-order valence-corrected chi connectivity index (χ0v) is 15.8. The van der Waals surface area contributed by atoms with Gasteiger partial charge >= 0.3 is 0 Å². The van der Waals surface area contributed by atoms with Crippen LogP contribution < -0.4 is 10.1 Å². The van der Waals surface area contributed by atoms with Gasteiger partial charge in [-0.2, -0.15) is 0 Å². The molecule has 0 spiro atoms. The van der Waals surface area contributed by atoms with Crippen LogP contribution in [0.1, 0.15) is 35.4 Å². The number of benzene rings is 1. The van der Waals surface area contributed by atoms with Crippen LogP contribution >= 0.6 is 34.8 Å². The Hall–Kier alpha value is -1.33. The SMILES string of the molecule is CC(=O)c1c(O[C@@H](c2cncc(Cl)c2)[C@H]2CCNC2)ccc(Cl)c1Cl. The first kappa shape index (κ1) is 18.5. The number of hydrogen-bond donors (Lipinski definition) is 1. The topological polar surface area (TPSA) is 51.2 Å². The zero-order chi connectivity index (χ0) is 18.0. The van der Waals surface area contributed by atoms with Crippen molar-refractivity contribution in [1.29, 1.82) is 0 Å². The maximum absolute atomic E-state index is 12.1. The van der Waals surface area contributed by atoms with Crippen LogP contribution in [0.2, 0.25) is 15.1 Å². The fourth-order valence-corrected chi connectivity index (χ4v) is 3.68. The van der Waals surface area contributed by atoms with E-state index in [9.17, 15) is 4.79 Å². The van der Waals surface area contributed by atoms with Gasteiger partial charge < -0.3 is 10.1 Å². The van der Waals surface area contributed by atoms with E-state index in [1.165, 1.54) is 6.92 Å². The largest absolute Gasteiger partial charge is 0.485 e. The molecule has 0 unspecified atom stereocenters. The van der Waals surface area contributed by atoms with Gasteiger partial charge in [0.2, 0.25) is 0 Å². The molecule has 0 bridgehead atoms. The molecule has 3 rings (SSSR count). The predicted octanol–water partition coefficient (Wildman–Crippen LogP) is 4.97. The van der Waals surface area contributed by atoms with Crippen LogP contribution in [0.25, 0.3) is 0 Å². The number of ether oxygens (including phenoxy) is 1. The lowest BCUT2D eigenvalue weighted by Crippen LogP contribution is -2.22. The van der Waals surface area contributed by atoms with E-state index in [1.54, 1.807) is 24.5 Å². The predicted molar refractivity (Wildman–Crippen MR) is 100 cm³/mol. The first-order chi connectivity index (χ1) is 12.0. The minimum Gasteiger partial charge on any atom is -0.485 e. The molecule has 0 amide bonds. The molecule has 1 aliphatic heterocycles. The summed E-state index contributed by atoms with van der Waals surface area (Å²) >= 11 is 18.4. The van der Waals surface area contributed by atoms with Crippen molar-refractivity contribution >= 4 is 40.6 Å². The Morgan fingerprint density at radius 3 is 2.76 bits per heavy atom. The van der Waals surface area contributed by atoms with Gasteiger partial charge in [-0.15, -0.1) is 0 Å². The number of carbonyl (C=O) groups excluding carboxylic acids is 1. The van der Waals surface area contributed by atoms with Crippen molar-refractivity contribution in [2.24, 2.45) is 5.92 Å². The molecule has 4 nitrogen and oxygen atoms in total. The molecule has 1 N–H and O–H groups in total. The normalized spacial score (nSPS) is 18.2. The Balaban J connectivity index is 2.01. The first-order valence-electron chi connectivity index (χ1n) is 7.94. The van der Waals surface area contributed by atoms with Gasteiger partial charge in [0.15, 0.2) is 5.78 Å². The van der Waals surface area contributed by atoms with E-state index in [4.69, 9.17) is 39.5 Å². The van der Waals surface area contributed by atoms with E-state index >= 15 is 0 Å². The smallest absolute Gasteiger partial charge is 0.165 e. The van der Waals surface area contributed by atoms with Gasteiger partial charge in [0.1, 0.15) is 11.9 Å². The van der Waals surface area contributed by atoms with E-state index in [2.05, 4.69) is 10.3 Å². The molecule has 0 radical (unpaired) electrons. The number of nitrogens with zero attached hydrogens (tertiary/aromatic N) is 1. The molecule has 132 valence electrons. The number of rotatable bonds is 5. The van der Waals surface area contributed by atoms with Gasteiger partial charge in [-0.05, 0) is 38.1 Å². The minimum atomic E-state index is -0.295. The van der Waals surface area contributed by atoms with Crippen LogP contribution in [-0.4, -0.2) is 23.9 Å². The van der Waals surface area contributed by atoms with Crippen molar-refractivity contribution in [3.63, 3.8) is 0 Å². The third kappa shape index (κ3) is 4.09. The van der Waals surface area contributed by atoms with E-state index in [-0.39, 0.29) is 22.8 Å². The highest BCUT2D eigenvalue weighted by atomic mass is 35.5. The maximum Gasteiger partial charge on any atom is 0.165 e. The van der Waals surface area contributed by atoms with E-state index in [0.717, 1.165) is 25.1 Å². The van der Waals surface area contributed by atoms with E-state index in [0.29, 0.717) is 21.4 Å². The maximum atomic E-state index is 12.1. The summed E-state index contributed by atoms with van der Waals surface area (Å²) < 4.78 is 6.27. The second-order valence-electron chi connectivity index (χ2n) is 6.02. The summed E-state index contributed by atoms with van der Waals surface area (Å²) in [4.78, 5) is 16.2. The summed E-state index contributed by atoms with van der Waals surface area (Å²) in [5.74, 6) is 0.448. The van der Waals surface area contributed by atoms with Crippen LogP contribution in [0.5, 0.6) is 5.75 Å². The number of halogens is 3. The molecule has 2 atom stereocenters. The lowest BCUT2D eigenvalue weighted by atomic mass is 9.95. The van der Waals surface area contributed by atoms with Crippen LogP contribution in [0.4, 0.5) is 0 Å². The van der Waals surface area contributed by atoms with Crippen molar-refractivity contribution in [2.75, 3.05) is 13.1 Å². The van der Waals surface area contributed by atoms with Crippen molar-refractivity contribution in [3.8, 4) is 5.75 Å². The van der Waals surface area contributed by atoms with Crippen LogP contribution in [0, 0.1) is 5.92 Å². The molecule has 7 heteroatoms. The van der Waals surface area contributed by atoms with Gasteiger partial charge in [0.05, 0.1) is 20.6 Å². The summed E-state index contributed by atoms with van der Waals surface area (Å²) in [5.41, 5.74) is 1.15. The third-order valence-electron chi connectivity index (χ3n) is 4.24. The molecule has 0 aliphatic carbocycles. The molecule has 2 heterocycles. The quantitative estimate of drug-likeness (QED) is 0.721. The van der Waals surface area contributed by atoms with Gasteiger partial charge in [0.25, 0.3) is 0 Å². The molecule has 1 fully saturated rings. The Morgan fingerprint density at radius 2 is 2.12 bits per heavy atom. The van der Waals surface area contributed by atoms with Crippen LogP contribution in [0.15, 0.2) is 30.6 Å². The zero-order valence-electron chi connectivity index (χ0n) is 13.6. The molecular formula is C18H17Cl3N2O2. The van der Waals surface area contributed by atoms with Crippen LogP contribution in [-0.2, 0) is 0 Å². The van der Waals surface area contributed by atoms with Gasteiger partial charge in [-0.1, -0.05) is 34.8 Å². The lowest BCUT2D eigenvalue weighted by Gasteiger charge is -2.26. The number of aromatic nitrogens is 1. The number of Topliss-reactive ketones (excluding diaryl/α,β-unsaturated/α-hetero) is 1. The summed E-state index contributed by atoms with van der Waals surface area (Å²) in [5, 5.41) is 4.40. The molecule has 1 aromatic carbocycles. The number of nitrogens with one attached hydrogen (secondary N) is 1. The highest BCUT2D eigenvalue weighted by molar-refractivity contribution is 6.44. The second-order valence-corrected chi connectivity index (χ2v) is 7.24. The Morgan fingerprint density at radius 1 is 1.32 bits per heavy atom. The summed E-state index contributed by atoms with van der Waals surface area (Å²) in [7, 11) is 0. The van der Waals surface area contributed by atoms with Gasteiger partial charge in [-0.25, -0.2) is 0 Å². The van der Waals surface area contributed by atoms with Crippen LogP contribution in [0.3, 0.4) is 0 Å². The minimum absolute atomic E-state index is 0.199. The standard InChI is InChI=1S/C18H17Cl3N2O2/c1-10(24)16-15(3-2-14(20)17(16)21)25-18(11-4-5-22-7-11)12-6-13(19)9-23-8-12/h2-3,6,8-9,11,18,22H,4-5,7H2,1H3/t11-,18+/m0/s1.